The van der Waals surface area contributed by atoms with Crippen LogP contribution in [-0.2, 0) is 11.2 Å². The van der Waals surface area contributed by atoms with E-state index in [0.717, 1.165) is 6.42 Å². The number of hydrogen-bond donors (Lipinski definition) is 2. The third kappa shape index (κ3) is 3.89. The highest BCUT2D eigenvalue weighted by Gasteiger charge is 2.19. The van der Waals surface area contributed by atoms with E-state index in [1.54, 1.807) is 18.2 Å². The zero-order chi connectivity index (χ0) is 13.7. The number of halogens is 1. The van der Waals surface area contributed by atoms with Crippen LogP contribution in [0.3, 0.4) is 0 Å². The second-order valence-electron chi connectivity index (χ2n) is 4.83. The Kier molecular flexibility index (Phi) is 4.68. The van der Waals surface area contributed by atoms with Crippen molar-refractivity contribution in [3.05, 3.63) is 47.8 Å². The van der Waals surface area contributed by atoms with Gasteiger partial charge in [-0.1, -0.05) is 30.4 Å². The quantitative estimate of drug-likeness (QED) is 0.796. The maximum Gasteiger partial charge on any atom is 0.220 e. The van der Waals surface area contributed by atoms with E-state index in [0.29, 0.717) is 12.0 Å². The largest absolute Gasteiger partial charge is 0.396 e. The molecule has 1 amide bonds. The molecule has 0 unspecified atom stereocenters. The monoisotopic (exact) mass is 263 g/mol. The van der Waals surface area contributed by atoms with E-state index >= 15 is 0 Å². The molecule has 0 aromatic heterocycles. The molecule has 0 aliphatic heterocycles. The Labute approximate surface area is 112 Å². The van der Waals surface area contributed by atoms with Crippen LogP contribution in [0.15, 0.2) is 36.4 Å². The van der Waals surface area contributed by atoms with Crippen LogP contribution in [0, 0.1) is 11.7 Å². The van der Waals surface area contributed by atoms with Gasteiger partial charge in [-0.05, 0) is 24.5 Å². The van der Waals surface area contributed by atoms with Gasteiger partial charge in [-0.3, -0.25) is 4.79 Å². The molecule has 2 rings (SSSR count). The summed E-state index contributed by atoms with van der Waals surface area (Å²) in [5.74, 6) is -0.218. The molecule has 2 atom stereocenters. The Morgan fingerprint density at radius 3 is 2.84 bits per heavy atom. The Balaban J connectivity index is 1.77. The van der Waals surface area contributed by atoms with Gasteiger partial charge in [-0.2, -0.15) is 0 Å². The zero-order valence-electron chi connectivity index (χ0n) is 10.7. The van der Waals surface area contributed by atoms with E-state index in [9.17, 15) is 9.18 Å². The van der Waals surface area contributed by atoms with E-state index in [1.807, 2.05) is 12.2 Å². The van der Waals surface area contributed by atoms with E-state index in [-0.39, 0.29) is 36.7 Å². The third-order valence-electron chi connectivity index (χ3n) is 3.33. The Bertz CT molecular complexity index is 473. The zero-order valence-corrected chi connectivity index (χ0v) is 10.7. The summed E-state index contributed by atoms with van der Waals surface area (Å²) in [6, 6.07) is 6.49. The fourth-order valence-electron chi connectivity index (χ4n) is 2.25. The van der Waals surface area contributed by atoms with Gasteiger partial charge in [0.15, 0.2) is 0 Å². The molecule has 0 fully saturated rings. The number of carbonyl (C=O) groups excluding carboxylic acids is 1. The number of carbonyl (C=O) groups is 1. The summed E-state index contributed by atoms with van der Waals surface area (Å²) < 4.78 is 13.4. The fourth-order valence-corrected chi connectivity index (χ4v) is 2.25. The van der Waals surface area contributed by atoms with Crippen molar-refractivity contribution >= 4 is 5.91 Å². The molecule has 2 N–H and O–H groups in total. The molecular formula is C15H18FNO2. The molecule has 0 saturated heterocycles. The number of hydrogen-bond acceptors (Lipinski definition) is 2. The molecule has 1 aliphatic rings. The molecule has 1 aromatic carbocycles. The molecule has 4 heteroatoms. The number of aryl methyl sites for hydroxylation is 1. The second kappa shape index (κ2) is 6.48. The smallest absolute Gasteiger partial charge is 0.220 e. The standard InChI is InChI=1S/C15H18FNO2/c16-14-4-2-1-3-12(14)6-8-15(19)17-13-7-5-11(9-13)10-18/h1-5,7,11,13,18H,6,8-10H2,(H,17,19)/t11-,13+/m0/s1. The van der Waals surface area contributed by atoms with Crippen molar-refractivity contribution in [2.24, 2.45) is 5.92 Å². The highest BCUT2D eigenvalue weighted by molar-refractivity contribution is 5.76. The number of rotatable bonds is 5. The van der Waals surface area contributed by atoms with Crippen molar-refractivity contribution in [3.63, 3.8) is 0 Å². The van der Waals surface area contributed by atoms with Crippen molar-refractivity contribution < 1.29 is 14.3 Å². The topological polar surface area (TPSA) is 49.3 Å². The van der Waals surface area contributed by atoms with Gasteiger partial charge in [0.25, 0.3) is 0 Å². The molecule has 0 radical (unpaired) electrons. The Morgan fingerprint density at radius 1 is 1.37 bits per heavy atom. The summed E-state index contributed by atoms with van der Waals surface area (Å²) >= 11 is 0. The average molecular weight is 263 g/mol. The van der Waals surface area contributed by atoms with Gasteiger partial charge in [0, 0.05) is 25.0 Å². The second-order valence-corrected chi connectivity index (χ2v) is 4.83. The molecule has 3 nitrogen and oxygen atoms in total. The van der Waals surface area contributed by atoms with Crippen molar-refractivity contribution in [1.82, 2.24) is 5.32 Å². The molecule has 1 aromatic rings. The Hall–Kier alpha value is -1.68. The van der Waals surface area contributed by atoms with Gasteiger partial charge in [-0.15, -0.1) is 0 Å². The molecular weight excluding hydrogens is 245 g/mol. The van der Waals surface area contributed by atoms with Crippen LogP contribution in [0.2, 0.25) is 0 Å². The first-order valence-corrected chi connectivity index (χ1v) is 6.51. The summed E-state index contributed by atoms with van der Waals surface area (Å²) in [5.41, 5.74) is 0.563. The lowest BCUT2D eigenvalue weighted by Gasteiger charge is -2.12. The van der Waals surface area contributed by atoms with Crippen LogP contribution in [0.1, 0.15) is 18.4 Å². The summed E-state index contributed by atoms with van der Waals surface area (Å²) in [4.78, 5) is 11.7. The van der Waals surface area contributed by atoms with Gasteiger partial charge >= 0.3 is 0 Å². The first-order chi connectivity index (χ1) is 9.19. The summed E-state index contributed by atoms with van der Waals surface area (Å²) in [6.07, 6.45) is 5.24. The van der Waals surface area contributed by atoms with E-state index in [4.69, 9.17) is 5.11 Å². The van der Waals surface area contributed by atoms with Crippen molar-refractivity contribution in [2.45, 2.75) is 25.3 Å². The van der Waals surface area contributed by atoms with Gasteiger partial charge in [0.2, 0.25) is 5.91 Å². The molecule has 0 spiro atoms. The van der Waals surface area contributed by atoms with Crippen molar-refractivity contribution in [3.8, 4) is 0 Å². The minimum Gasteiger partial charge on any atom is -0.396 e. The van der Waals surface area contributed by atoms with Crippen LogP contribution < -0.4 is 5.32 Å². The summed E-state index contributed by atoms with van der Waals surface area (Å²) in [5, 5.41) is 11.9. The molecule has 0 saturated carbocycles. The summed E-state index contributed by atoms with van der Waals surface area (Å²) in [7, 11) is 0. The first kappa shape index (κ1) is 13.7. The Morgan fingerprint density at radius 2 is 2.16 bits per heavy atom. The molecule has 19 heavy (non-hydrogen) atoms. The van der Waals surface area contributed by atoms with Gasteiger partial charge < -0.3 is 10.4 Å². The van der Waals surface area contributed by atoms with Crippen molar-refractivity contribution in [2.75, 3.05) is 6.61 Å². The highest BCUT2D eigenvalue weighted by atomic mass is 19.1. The number of benzene rings is 1. The maximum absolute atomic E-state index is 13.4. The molecule has 102 valence electrons. The van der Waals surface area contributed by atoms with E-state index in [2.05, 4.69) is 5.32 Å². The number of aliphatic hydroxyl groups excluding tert-OH is 1. The van der Waals surface area contributed by atoms with Gasteiger partial charge in [-0.25, -0.2) is 4.39 Å². The minimum absolute atomic E-state index is 0.00901. The van der Waals surface area contributed by atoms with E-state index < -0.39 is 0 Å². The summed E-state index contributed by atoms with van der Waals surface area (Å²) in [6.45, 7) is 0.109. The molecule has 0 bridgehead atoms. The normalized spacial score (nSPS) is 21.6. The minimum atomic E-state index is -0.267. The molecule has 1 aliphatic carbocycles. The SMILES string of the molecule is O=C(CCc1ccccc1F)N[C@@H]1C=C[C@H](CO)C1. The predicted octanol–water partition coefficient (Wildman–Crippen LogP) is 1.81. The van der Waals surface area contributed by atoms with Crippen LogP contribution in [0.4, 0.5) is 4.39 Å². The van der Waals surface area contributed by atoms with Crippen molar-refractivity contribution in [1.29, 1.82) is 0 Å². The lowest BCUT2D eigenvalue weighted by Crippen LogP contribution is -2.33. The van der Waals surface area contributed by atoms with Gasteiger partial charge in [0.1, 0.15) is 5.82 Å². The fraction of sp³-hybridized carbons (Fsp3) is 0.400. The third-order valence-corrected chi connectivity index (χ3v) is 3.33. The number of amides is 1. The first-order valence-electron chi connectivity index (χ1n) is 6.51. The van der Waals surface area contributed by atoms with Crippen LogP contribution in [-0.4, -0.2) is 23.7 Å². The average Bonchev–Trinajstić information content (AvgIpc) is 2.85. The molecule has 0 heterocycles. The number of aliphatic hydroxyl groups is 1. The van der Waals surface area contributed by atoms with E-state index in [1.165, 1.54) is 6.07 Å². The predicted molar refractivity (Wildman–Crippen MR) is 71.0 cm³/mol. The number of nitrogens with one attached hydrogen (secondary N) is 1. The lowest BCUT2D eigenvalue weighted by molar-refractivity contribution is -0.121. The highest BCUT2D eigenvalue weighted by Crippen LogP contribution is 2.17. The van der Waals surface area contributed by atoms with Crippen LogP contribution >= 0.6 is 0 Å². The van der Waals surface area contributed by atoms with Crippen LogP contribution in [0.25, 0.3) is 0 Å². The van der Waals surface area contributed by atoms with Gasteiger partial charge in [0.05, 0.1) is 0 Å². The lowest BCUT2D eigenvalue weighted by atomic mass is 10.1. The van der Waals surface area contributed by atoms with Crippen LogP contribution in [0.5, 0.6) is 0 Å². The maximum atomic E-state index is 13.4.